The van der Waals surface area contributed by atoms with Crippen LogP contribution in [-0.2, 0) is 0 Å². The molecule has 0 amide bonds. The number of aromatic hydroxyl groups is 1. The summed E-state index contributed by atoms with van der Waals surface area (Å²) in [5, 5.41) is 23.4. The summed E-state index contributed by atoms with van der Waals surface area (Å²) >= 11 is 0. The fourth-order valence-corrected chi connectivity index (χ4v) is 1.99. The first-order valence-corrected chi connectivity index (χ1v) is 7.64. The molecule has 3 N–H and O–H groups in total. The first-order chi connectivity index (χ1) is 11.3. The molecule has 1 unspecified atom stereocenters. The minimum atomic E-state index is -0.779. The van der Waals surface area contributed by atoms with Gasteiger partial charge in [0.15, 0.2) is 11.5 Å². The van der Waals surface area contributed by atoms with Gasteiger partial charge in [-0.15, -0.1) is 0 Å². The van der Waals surface area contributed by atoms with Crippen molar-refractivity contribution in [2.45, 2.75) is 32.4 Å². The molecule has 0 aliphatic heterocycles. The van der Waals surface area contributed by atoms with Gasteiger partial charge in [-0.25, -0.2) is 4.79 Å². The van der Waals surface area contributed by atoms with E-state index < -0.39 is 12.1 Å². The van der Waals surface area contributed by atoms with Crippen LogP contribution < -0.4 is 10.1 Å². The van der Waals surface area contributed by atoms with E-state index in [2.05, 4.69) is 10.3 Å². The lowest BCUT2D eigenvalue weighted by molar-refractivity contribution is 0.0729. The maximum absolute atomic E-state index is 12.0. The smallest absolute Gasteiger partial charge is 0.345 e. The number of carbonyl (C=O) groups is 1. The van der Waals surface area contributed by atoms with Crippen LogP contribution in [0.4, 0.5) is 0 Å². The number of carbonyl (C=O) groups excluding carboxylic acids is 1. The third-order valence-electron chi connectivity index (χ3n) is 3.29. The van der Waals surface area contributed by atoms with E-state index >= 15 is 0 Å². The molecule has 2 aromatic rings. The maximum atomic E-state index is 12.0. The molecule has 0 radical (unpaired) electrons. The molecular formula is C18H22N2O4. The summed E-state index contributed by atoms with van der Waals surface area (Å²) < 4.78 is 5.15. The summed E-state index contributed by atoms with van der Waals surface area (Å²) in [6, 6.07) is 7.65. The molecule has 1 atom stereocenters. The number of hydrogen-bond donors (Lipinski definition) is 3. The SMILES string of the molecule is CC(C)(C)NCC(O)c1ccc(OC(=O)c2cccnc2)c(O)c1. The fraction of sp³-hybridized carbons (Fsp3) is 0.333. The third kappa shape index (κ3) is 5.04. The predicted octanol–water partition coefficient (Wildman–Crippen LogP) is 2.43. The largest absolute Gasteiger partial charge is 0.504 e. The molecule has 6 nitrogen and oxygen atoms in total. The van der Waals surface area contributed by atoms with Gasteiger partial charge in [0.05, 0.1) is 11.7 Å². The highest BCUT2D eigenvalue weighted by molar-refractivity contribution is 5.90. The van der Waals surface area contributed by atoms with Crippen molar-refractivity contribution >= 4 is 5.97 Å². The van der Waals surface area contributed by atoms with Crippen LogP contribution in [0.1, 0.15) is 42.8 Å². The molecule has 6 heteroatoms. The summed E-state index contributed by atoms with van der Waals surface area (Å²) in [6.45, 7) is 6.34. The van der Waals surface area contributed by atoms with Crippen molar-refractivity contribution in [1.29, 1.82) is 0 Å². The molecule has 128 valence electrons. The molecule has 1 heterocycles. The van der Waals surface area contributed by atoms with Crippen LogP contribution in [0.2, 0.25) is 0 Å². The Bertz CT molecular complexity index is 696. The zero-order chi connectivity index (χ0) is 17.7. The standard InChI is InChI=1S/C18H22N2O4/c1-18(2,3)20-11-15(22)12-6-7-16(14(21)9-12)24-17(23)13-5-4-8-19-10-13/h4-10,15,20-22H,11H2,1-3H3. The lowest BCUT2D eigenvalue weighted by Crippen LogP contribution is -2.38. The quantitative estimate of drug-likeness (QED) is 0.576. The van der Waals surface area contributed by atoms with E-state index in [0.717, 1.165) is 0 Å². The summed E-state index contributed by atoms with van der Waals surface area (Å²) in [5.41, 5.74) is 0.697. The molecule has 0 saturated heterocycles. The number of phenolic OH excluding ortho intramolecular Hbond substituents is 1. The van der Waals surface area contributed by atoms with Gasteiger partial charge in [0, 0.05) is 24.5 Å². The summed E-state index contributed by atoms with van der Waals surface area (Å²) in [6.07, 6.45) is 2.16. The molecule has 0 spiro atoms. The van der Waals surface area contributed by atoms with Crippen LogP contribution in [0, 0.1) is 0 Å². The number of ether oxygens (including phenoxy) is 1. The van der Waals surface area contributed by atoms with Crippen molar-refractivity contribution in [1.82, 2.24) is 10.3 Å². The molecular weight excluding hydrogens is 308 g/mol. The van der Waals surface area contributed by atoms with Crippen LogP contribution in [0.5, 0.6) is 11.5 Å². The second kappa shape index (κ2) is 7.42. The minimum Gasteiger partial charge on any atom is -0.504 e. The van der Waals surface area contributed by atoms with Crippen molar-refractivity contribution in [3.63, 3.8) is 0 Å². The van der Waals surface area contributed by atoms with Crippen molar-refractivity contribution in [3.8, 4) is 11.5 Å². The number of pyridine rings is 1. The zero-order valence-corrected chi connectivity index (χ0v) is 14.0. The number of aliphatic hydroxyl groups excluding tert-OH is 1. The Hall–Kier alpha value is -2.44. The highest BCUT2D eigenvalue weighted by Gasteiger charge is 2.16. The summed E-state index contributed by atoms with van der Waals surface area (Å²) in [7, 11) is 0. The van der Waals surface area contributed by atoms with Gasteiger partial charge in [-0.05, 0) is 50.6 Å². The average molecular weight is 330 g/mol. The van der Waals surface area contributed by atoms with E-state index in [1.807, 2.05) is 20.8 Å². The van der Waals surface area contributed by atoms with E-state index in [9.17, 15) is 15.0 Å². The highest BCUT2D eigenvalue weighted by atomic mass is 16.5. The number of aromatic nitrogens is 1. The van der Waals surface area contributed by atoms with Gasteiger partial charge >= 0.3 is 5.97 Å². The first-order valence-electron chi connectivity index (χ1n) is 7.64. The van der Waals surface area contributed by atoms with Crippen LogP contribution in [0.15, 0.2) is 42.7 Å². The number of β-amino-alcohol motifs (C(OH)–C–C–N with tert-alkyl or cyclic N) is 1. The summed E-state index contributed by atoms with van der Waals surface area (Å²) in [5.74, 6) is -0.788. The molecule has 0 bridgehead atoms. The van der Waals surface area contributed by atoms with Crippen molar-refractivity contribution in [3.05, 3.63) is 53.9 Å². The molecule has 24 heavy (non-hydrogen) atoms. The highest BCUT2D eigenvalue weighted by Crippen LogP contribution is 2.30. The molecule has 0 saturated carbocycles. The van der Waals surface area contributed by atoms with Crippen molar-refractivity contribution < 1.29 is 19.7 Å². The minimum absolute atomic E-state index is 0.0311. The molecule has 2 rings (SSSR count). The van der Waals surface area contributed by atoms with E-state index in [1.165, 1.54) is 18.3 Å². The third-order valence-corrected chi connectivity index (χ3v) is 3.29. The maximum Gasteiger partial charge on any atom is 0.345 e. The Kier molecular flexibility index (Phi) is 5.54. The van der Waals surface area contributed by atoms with Gasteiger partial charge in [-0.3, -0.25) is 4.98 Å². The first kappa shape index (κ1) is 17.9. The van der Waals surface area contributed by atoms with E-state index in [-0.39, 0.29) is 22.6 Å². The Morgan fingerprint density at radius 1 is 1.33 bits per heavy atom. The zero-order valence-electron chi connectivity index (χ0n) is 14.0. The molecule has 0 fully saturated rings. The second-order valence-electron chi connectivity index (χ2n) is 6.51. The Balaban J connectivity index is 2.05. The Morgan fingerprint density at radius 3 is 2.67 bits per heavy atom. The van der Waals surface area contributed by atoms with E-state index in [0.29, 0.717) is 12.1 Å². The molecule has 1 aromatic carbocycles. The van der Waals surface area contributed by atoms with Crippen LogP contribution in [-0.4, -0.2) is 33.3 Å². The predicted molar refractivity (Wildman–Crippen MR) is 90.0 cm³/mol. The molecule has 1 aromatic heterocycles. The van der Waals surface area contributed by atoms with E-state index in [4.69, 9.17) is 4.74 Å². The number of aliphatic hydroxyl groups is 1. The van der Waals surface area contributed by atoms with Crippen molar-refractivity contribution in [2.75, 3.05) is 6.54 Å². The monoisotopic (exact) mass is 330 g/mol. The number of hydrogen-bond acceptors (Lipinski definition) is 6. The number of nitrogens with zero attached hydrogens (tertiary/aromatic N) is 1. The Morgan fingerprint density at radius 2 is 2.08 bits per heavy atom. The fourth-order valence-electron chi connectivity index (χ4n) is 1.99. The lowest BCUT2D eigenvalue weighted by Gasteiger charge is -2.23. The van der Waals surface area contributed by atoms with Gasteiger partial charge in [0.25, 0.3) is 0 Å². The average Bonchev–Trinajstić information content (AvgIpc) is 2.54. The summed E-state index contributed by atoms with van der Waals surface area (Å²) in [4.78, 5) is 15.8. The number of phenols is 1. The van der Waals surface area contributed by atoms with Gasteiger partial charge < -0.3 is 20.3 Å². The van der Waals surface area contributed by atoms with Gasteiger partial charge in [-0.1, -0.05) is 6.07 Å². The van der Waals surface area contributed by atoms with E-state index in [1.54, 1.807) is 24.4 Å². The molecule has 0 aliphatic rings. The van der Waals surface area contributed by atoms with Crippen molar-refractivity contribution in [2.24, 2.45) is 0 Å². The second-order valence-corrected chi connectivity index (χ2v) is 6.51. The Labute approximate surface area is 141 Å². The van der Waals surface area contributed by atoms with Crippen LogP contribution in [0.25, 0.3) is 0 Å². The van der Waals surface area contributed by atoms with Crippen LogP contribution in [0.3, 0.4) is 0 Å². The topological polar surface area (TPSA) is 91.7 Å². The van der Waals surface area contributed by atoms with Gasteiger partial charge in [0.2, 0.25) is 0 Å². The van der Waals surface area contributed by atoms with Crippen LogP contribution >= 0.6 is 0 Å². The molecule has 0 aliphatic carbocycles. The number of rotatable bonds is 5. The number of benzene rings is 1. The van der Waals surface area contributed by atoms with Gasteiger partial charge in [0.1, 0.15) is 0 Å². The number of nitrogens with one attached hydrogen (secondary N) is 1. The van der Waals surface area contributed by atoms with Gasteiger partial charge in [-0.2, -0.15) is 0 Å². The normalized spacial score (nSPS) is 12.7. The lowest BCUT2D eigenvalue weighted by atomic mass is 10.1. The number of esters is 1.